The third-order valence-electron chi connectivity index (χ3n) is 2.70. The second kappa shape index (κ2) is 6.47. The van der Waals surface area contributed by atoms with Crippen LogP contribution in [0.15, 0.2) is 36.4 Å². The molecule has 2 aromatic carbocycles. The van der Waals surface area contributed by atoms with Gasteiger partial charge in [0.25, 0.3) is 0 Å². The second-order valence-electron chi connectivity index (χ2n) is 3.99. The number of terminal acetylenes is 1. The zero-order valence-electron chi connectivity index (χ0n) is 10.4. The minimum atomic E-state index is 0.118. The van der Waals surface area contributed by atoms with Crippen molar-refractivity contribution in [2.45, 2.75) is 0 Å². The van der Waals surface area contributed by atoms with Gasteiger partial charge in [-0.1, -0.05) is 41.3 Å². The lowest BCUT2D eigenvalue weighted by molar-refractivity contribution is 0.112. The molecule has 0 aliphatic heterocycles. The fraction of sp³-hybridized carbons (Fsp3) is 0.0625. The van der Waals surface area contributed by atoms with E-state index in [1.165, 1.54) is 0 Å². The summed E-state index contributed by atoms with van der Waals surface area (Å²) in [4.78, 5) is 11.1. The Labute approximate surface area is 127 Å². The molecular weight excluding hydrogens is 295 g/mol. The van der Waals surface area contributed by atoms with Crippen molar-refractivity contribution < 1.29 is 9.53 Å². The SMILES string of the molecule is C#CCOc1ccc(-c2ccc(Cl)c(Cl)c2)cc1C=O. The summed E-state index contributed by atoms with van der Waals surface area (Å²) in [6.07, 6.45) is 5.86. The maximum Gasteiger partial charge on any atom is 0.153 e. The number of benzene rings is 2. The van der Waals surface area contributed by atoms with E-state index >= 15 is 0 Å². The van der Waals surface area contributed by atoms with Gasteiger partial charge in [-0.3, -0.25) is 4.79 Å². The highest BCUT2D eigenvalue weighted by atomic mass is 35.5. The van der Waals surface area contributed by atoms with Gasteiger partial charge < -0.3 is 4.74 Å². The van der Waals surface area contributed by atoms with Crippen LogP contribution in [0.3, 0.4) is 0 Å². The molecule has 0 aliphatic carbocycles. The Morgan fingerprint density at radius 2 is 1.80 bits per heavy atom. The molecule has 2 nitrogen and oxygen atoms in total. The minimum Gasteiger partial charge on any atom is -0.480 e. The molecule has 0 radical (unpaired) electrons. The van der Waals surface area contributed by atoms with E-state index in [1.807, 2.05) is 12.1 Å². The topological polar surface area (TPSA) is 26.3 Å². The number of rotatable bonds is 4. The molecular formula is C16H10Cl2O2. The van der Waals surface area contributed by atoms with Gasteiger partial charge in [-0.2, -0.15) is 0 Å². The van der Waals surface area contributed by atoms with Gasteiger partial charge in [0.1, 0.15) is 12.4 Å². The summed E-state index contributed by atoms with van der Waals surface area (Å²) in [6.45, 7) is 0.118. The van der Waals surface area contributed by atoms with E-state index in [4.69, 9.17) is 34.4 Å². The smallest absolute Gasteiger partial charge is 0.153 e. The Morgan fingerprint density at radius 1 is 1.10 bits per heavy atom. The normalized spacial score (nSPS) is 9.85. The van der Waals surface area contributed by atoms with E-state index in [0.29, 0.717) is 21.4 Å². The predicted octanol–water partition coefficient (Wildman–Crippen LogP) is 4.48. The number of halogens is 2. The van der Waals surface area contributed by atoms with Crippen LogP contribution in [0, 0.1) is 12.3 Å². The Balaban J connectivity index is 2.40. The van der Waals surface area contributed by atoms with Gasteiger partial charge in [0.2, 0.25) is 0 Å². The van der Waals surface area contributed by atoms with Gasteiger partial charge in [0.15, 0.2) is 6.29 Å². The van der Waals surface area contributed by atoms with Crippen LogP contribution in [-0.2, 0) is 0 Å². The highest BCUT2D eigenvalue weighted by molar-refractivity contribution is 6.42. The van der Waals surface area contributed by atoms with Crippen LogP contribution in [-0.4, -0.2) is 12.9 Å². The molecule has 0 bridgehead atoms. The van der Waals surface area contributed by atoms with Crippen molar-refractivity contribution in [3.05, 3.63) is 52.0 Å². The molecule has 100 valence electrons. The molecule has 0 N–H and O–H groups in total. The van der Waals surface area contributed by atoms with Gasteiger partial charge in [-0.05, 0) is 35.4 Å². The molecule has 0 saturated carbocycles. The summed E-state index contributed by atoms with van der Waals surface area (Å²) < 4.78 is 5.30. The van der Waals surface area contributed by atoms with Crippen molar-refractivity contribution in [1.82, 2.24) is 0 Å². The van der Waals surface area contributed by atoms with Crippen LogP contribution in [0.25, 0.3) is 11.1 Å². The Kier molecular flexibility index (Phi) is 4.68. The number of hydrogen-bond acceptors (Lipinski definition) is 2. The number of carbonyl (C=O) groups excluding carboxylic acids is 1. The number of carbonyl (C=O) groups is 1. The van der Waals surface area contributed by atoms with E-state index < -0.39 is 0 Å². The summed E-state index contributed by atoms with van der Waals surface area (Å²) in [5.41, 5.74) is 2.15. The van der Waals surface area contributed by atoms with Gasteiger partial charge >= 0.3 is 0 Å². The summed E-state index contributed by atoms with van der Waals surface area (Å²) in [5, 5.41) is 0.949. The quantitative estimate of drug-likeness (QED) is 0.615. The third-order valence-corrected chi connectivity index (χ3v) is 3.44. The lowest BCUT2D eigenvalue weighted by atomic mass is 10.0. The first-order chi connectivity index (χ1) is 9.65. The summed E-state index contributed by atoms with van der Waals surface area (Å²) >= 11 is 11.9. The lowest BCUT2D eigenvalue weighted by Gasteiger charge is -2.09. The summed E-state index contributed by atoms with van der Waals surface area (Å²) in [6, 6.07) is 10.5. The molecule has 0 unspecified atom stereocenters. The van der Waals surface area contributed by atoms with Crippen molar-refractivity contribution in [3.63, 3.8) is 0 Å². The average Bonchev–Trinajstić information content (AvgIpc) is 2.47. The fourth-order valence-electron chi connectivity index (χ4n) is 1.75. The van der Waals surface area contributed by atoms with Crippen molar-refractivity contribution >= 4 is 29.5 Å². The van der Waals surface area contributed by atoms with Crippen molar-refractivity contribution in [3.8, 4) is 29.2 Å². The van der Waals surface area contributed by atoms with Crippen LogP contribution >= 0.6 is 23.2 Å². The van der Waals surface area contributed by atoms with Gasteiger partial charge in [0, 0.05) is 0 Å². The van der Waals surface area contributed by atoms with Gasteiger partial charge in [-0.15, -0.1) is 6.42 Å². The first-order valence-electron chi connectivity index (χ1n) is 5.76. The molecule has 0 spiro atoms. The first kappa shape index (κ1) is 14.5. The molecule has 0 amide bonds. The van der Waals surface area contributed by atoms with Gasteiger partial charge in [-0.25, -0.2) is 0 Å². The van der Waals surface area contributed by atoms with Crippen molar-refractivity contribution in [1.29, 1.82) is 0 Å². The van der Waals surface area contributed by atoms with E-state index in [0.717, 1.165) is 17.4 Å². The van der Waals surface area contributed by atoms with E-state index in [-0.39, 0.29) is 6.61 Å². The monoisotopic (exact) mass is 304 g/mol. The van der Waals surface area contributed by atoms with Crippen LogP contribution in [0.4, 0.5) is 0 Å². The molecule has 2 rings (SSSR count). The average molecular weight is 305 g/mol. The Morgan fingerprint density at radius 3 is 2.45 bits per heavy atom. The minimum absolute atomic E-state index is 0.118. The molecule has 0 atom stereocenters. The number of hydrogen-bond donors (Lipinski definition) is 0. The third kappa shape index (κ3) is 3.14. The molecule has 2 aromatic rings. The largest absolute Gasteiger partial charge is 0.480 e. The van der Waals surface area contributed by atoms with Crippen LogP contribution in [0.5, 0.6) is 5.75 Å². The summed E-state index contributed by atoms with van der Waals surface area (Å²) in [7, 11) is 0. The maximum absolute atomic E-state index is 11.1. The molecule has 0 heterocycles. The van der Waals surface area contributed by atoms with Crippen LogP contribution in [0.1, 0.15) is 10.4 Å². The van der Waals surface area contributed by atoms with Gasteiger partial charge in [0.05, 0.1) is 15.6 Å². The van der Waals surface area contributed by atoms with Crippen LogP contribution in [0.2, 0.25) is 10.0 Å². The standard InChI is InChI=1S/C16H10Cl2O2/c1-2-7-20-16-6-4-11(8-13(16)10-19)12-3-5-14(17)15(18)9-12/h1,3-6,8-10H,7H2. The van der Waals surface area contributed by atoms with E-state index in [1.54, 1.807) is 24.3 Å². The maximum atomic E-state index is 11.1. The number of aldehydes is 1. The fourth-order valence-corrected chi connectivity index (χ4v) is 2.04. The molecule has 20 heavy (non-hydrogen) atoms. The van der Waals surface area contributed by atoms with E-state index in [9.17, 15) is 4.79 Å². The highest BCUT2D eigenvalue weighted by Crippen LogP contribution is 2.30. The second-order valence-corrected chi connectivity index (χ2v) is 4.81. The Bertz CT molecular complexity index is 687. The van der Waals surface area contributed by atoms with E-state index in [2.05, 4.69) is 5.92 Å². The molecule has 0 fully saturated rings. The molecule has 0 aliphatic rings. The molecule has 0 saturated heterocycles. The zero-order valence-corrected chi connectivity index (χ0v) is 11.9. The summed E-state index contributed by atoms with van der Waals surface area (Å²) in [5.74, 6) is 2.82. The molecule has 0 aromatic heterocycles. The predicted molar refractivity (Wildman–Crippen MR) is 81.6 cm³/mol. The van der Waals surface area contributed by atoms with Crippen molar-refractivity contribution in [2.24, 2.45) is 0 Å². The first-order valence-corrected chi connectivity index (χ1v) is 6.52. The van der Waals surface area contributed by atoms with Crippen LogP contribution < -0.4 is 4.74 Å². The zero-order chi connectivity index (χ0) is 14.5. The highest BCUT2D eigenvalue weighted by Gasteiger charge is 2.07. The lowest BCUT2D eigenvalue weighted by Crippen LogP contribution is -1.97. The molecule has 4 heteroatoms. The van der Waals surface area contributed by atoms with Crippen molar-refractivity contribution in [2.75, 3.05) is 6.61 Å². The number of ether oxygens (including phenoxy) is 1. The Hall–Kier alpha value is -1.95.